The van der Waals surface area contributed by atoms with Crippen LogP contribution in [0.15, 0.2) is 59.7 Å². The Morgan fingerprint density at radius 2 is 2.00 bits per heavy atom. The molecular formula is C18H14ClFN4O2. The number of nitrogens with one attached hydrogen (secondary N) is 2. The fourth-order valence-electron chi connectivity index (χ4n) is 2.27. The maximum atomic E-state index is 13.2. The number of halogens is 2. The minimum atomic E-state index is -0.708. The Kier molecular flexibility index (Phi) is 4.99. The summed E-state index contributed by atoms with van der Waals surface area (Å²) in [6.45, 7) is 1.85. The number of nitrogens with zero attached hydrogens (tertiary/aromatic N) is 2. The number of aryl methyl sites for hydroxylation is 1. The summed E-state index contributed by atoms with van der Waals surface area (Å²) >= 11 is 6.10. The highest BCUT2D eigenvalue weighted by atomic mass is 35.5. The summed E-state index contributed by atoms with van der Waals surface area (Å²) in [6.07, 6.45) is 2.85. The molecule has 0 saturated heterocycles. The van der Waals surface area contributed by atoms with Crippen molar-refractivity contribution in [3.8, 4) is 5.69 Å². The van der Waals surface area contributed by atoms with E-state index < -0.39 is 17.4 Å². The van der Waals surface area contributed by atoms with Crippen LogP contribution in [0.3, 0.4) is 0 Å². The van der Waals surface area contributed by atoms with Crippen LogP contribution >= 0.6 is 11.6 Å². The second-order valence-electron chi connectivity index (χ2n) is 5.47. The van der Waals surface area contributed by atoms with Gasteiger partial charge in [-0.3, -0.25) is 14.7 Å². The lowest BCUT2D eigenvalue weighted by molar-refractivity contribution is 0.262. The summed E-state index contributed by atoms with van der Waals surface area (Å²) in [6, 6.07) is 9.85. The van der Waals surface area contributed by atoms with Crippen molar-refractivity contribution in [2.24, 2.45) is 0 Å². The third kappa shape index (κ3) is 3.89. The van der Waals surface area contributed by atoms with Gasteiger partial charge >= 0.3 is 6.03 Å². The number of hydrogen-bond donors (Lipinski definition) is 2. The largest absolute Gasteiger partial charge is 0.325 e. The molecule has 6 nitrogen and oxygen atoms in total. The molecule has 0 aliphatic carbocycles. The molecule has 0 saturated carbocycles. The molecule has 0 radical (unpaired) electrons. The first-order valence-corrected chi connectivity index (χ1v) is 7.99. The fraction of sp³-hybridized carbons (Fsp3) is 0.0556. The summed E-state index contributed by atoms with van der Waals surface area (Å²) in [5, 5.41) is 5.32. The van der Waals surface area contributed by atoms with Gasteiger partial charge in [-0.25, -0.2) is 14.2 Å². The quantitative estimate of drug-likeness (QED) is 0.730. The number of carbonyl (C=O) groups excluding carboxylic acids is 1. The third-order valence-electron chi connectivity index (χ3n) is 3.59. The van der Waals surface area contributed by atoms with E-state index in [1.807, 2.05) is 6.92 Å². The van der Waals surface area contributed by atoms with E-state index in [1.54, 1.807) is 18.2 Å². The number of benzene rings is 2. The lowest BCUT2D eigenvalue weighted by Crippen LogP contribution is -2.28. The van der Waals surface area contributed by atoms with E-state index in [0.717, 1.165) is 11.6 Å². The molecule has 3 rings (SSSR count). The van der Waals surface area contributed by atoms with Crippen LogP contribution in [0, 0.1) is 12.7 Å². The molecule has 0 spiro atoms. The number of aromatic nitrogens is 2. The molecule has 3 aromatic rings. The van der Waals surface area contributed by atoms with Gasteiger partial charge in [0.1, 0.15) is 5.82 Å². The number of rotatable bonds is 3. The van der Waals surface area contributed by atoms with Crippen LogP contribution in [-0.4, -0.2) is 15.6 Å². The first-order valence-electron chi connectivity index (χ1n) is 7.62. The summed E-state index contributed by atoms with van der Waals surface area (Å²) in [5.41, 5.74) is 1.15. The van der Waals surface area contributed by atoms with Crippen molar-refractivity contribution in [1.82, 2.24) is 9.55 Å². The predicted molar refractivity (Wildman–Crippen MR) is 98.6 cm³/mol. The Labute approximate surface area is 153 Å². The second kappa shape index (κ2) is 7.37. The molecule has 26 heavy (non-hydrogen) atoms. The van der Waals surface area contributed by atoms with Gasteiger partial charge in [-0.2, -0.15) is 0 Å². The van der Waals surface area contributed by atoms with Gasteiger partial charge < -0.3 is 5.32 Å². The number of hydrogen-bond acceptors (Lipinski definition) is 3. The van der Waals surface area contributed by atoms with E-state index in [-0.39, 0.29) is 11.5 Å². The molecule has 0 unspecified atom stereocenters. The molecule has 1 heterocycles. The van der Waals surface area contributed by atoms with Crippen LogP contribution < -0.4 is 16.2 Å². The van der Waals surface area contributed by atoms with Gasteiger partial charge in [0, 0.05) is 23.1 Å². The minimum Gasteiger partial charge on any atom is -0.308 e. The summed E-state index contributed by atoms with van der Waals surface area (Å²) in [4.78, 5) is 28.5. The number of urea groups is 1. The predicted octanol–water partition coefficient (Wildman–Crippen LogP) is 3.98. The topological polar surface area (TPSA) is 76.0 Å². The molecule has 8 heteroatoms. The monoisotopic (exact) mass is 372 g/mol. The second-order valence-corrected chi connectivity index (χ2v) is 5.88. The molecule has 0 fully saturated rings. The molecule has 2 N–H and O–H groups in total. The lowest BCUT2D eigenvalue weighted by Gasteiger charge is -2.10. The van der Waals surface area contributed by atoms with Crippen molar-refractivity contribution in [2.45, 2.75) is 6.92 Å². The average molecular weight is 373 g/mol. The van der Waals surface area contributed by atoms with Gasteiger partial charge in [0.15, 0.2) is 0 Å². The number of amides is 2. The molecule has 1 aromatic heterocycles. The average Bonchev–Trinajstić information content (AvgIpc) is 2.59. The van der Waals surface area contributed by atoms with Gasteiger partial charge in [-0.05, 0) is 42.8 Å². The van der Waals surface area contributed by atoms with Crippen molar-refractivity contribution in [2.75, 3.05) is 10.6 Å². The summed E-state index contributed by atoms with van der Waals surface area (Å²) in [7, 11) is 0. The molecule has 132 valence electrons. The SMILES string of the molecule is Cc1ccc(-n2ccnc(NC(=O)Nc3cccc(F)c3)c2=O)cc1Cl. The highest BCUT2D eigenvalue weighted by molar-refractivity contribution is 6.31. The molecule has 0 atom stereocenters. The van der Waals surface area contributed by atoms with Crippen molar-refractivity contribution in [3.05, 3.63) is 81.6 Å². The van der Waals surface area contributed by atoms with Crippen LogP contribution in [0.2, 0.25) is 5.02 Å². The first kappa shape index (κ1) is 17.6. The fourth-order valence-corrected chi connectivity index (χ4v) is 2.44. The van der Waals surface area contributed by atoms with Gasteiger partial charge in [0.05, 0.1) is 5.69 Å². The number of carbonyl (C=O) groups is 1. The standard InChI is InChI=1S/C18H14ClFN4O2/c1-11-5-6-14(10-15(11)19)24-8-7-21-16(17(24)25)23-18(26)22-13-4-2-3-12(20)9-13/h2-10H,1H3,(H2,21,22,23,26). The van der Waals surface area contributed by atoms with E-state index in [0.29, 0.717) is 10.7 Å². The maximum Gasteiger partial charge on any atom is 0.325 e. The van der Waals surface area contributed by atoms with E-state index in [4.69, 9.17) is 11.6 Å². The Hall–Kier alpha value is -3.19. The molecule has 2 amide bonds. The maximum absolute atomic E-state index is 13.2. The molecule has 0 aliphatic rings. The van der Waals surface area contributed by atoms with Crippen LogP contribution in [-0.2, 0) is 0 Å². The van der Waals surface area contributed by atoms with Gasteiger partial charge in [-0.1, -0.05) is 23.7 Å². The summed E-state index contributed by atoms with van der Waals surface area (Å²) < 4.78 is 14.5. The van der Waals surface area contributed by atoms with Gasteiger partial charge in [0.25, 0.3) is 5.56 Å². The van der Waals surface area contributed by atoms with Gasteiger partial charge in [-0.15, -0.1) is 0 Å². The highest BCUT2D eigenvalue weighted by Gasteiger charge is 2.11. The van der Waals surface area contributed by atoms with Gasteiger partial charge in [0.2, 0.25) is 5.82 Å². The van der Waals surface area contributed by atoms with E-state index >= 15 is 0 Å². The third-order valence-corrected chi connectivity index (χ3v) is 4.00. The van der Waals surface area contributed by atoms with E-state index in [9.17, 15) is 14.0 Å². The van der Waals surface area contributed by atoms with Crippen LogP contribution in [0.4, 0.5) is 20.7 Å². The normalized spacial score (nSPS) is 10.4. The zero-order chi connectivity index (χ0) is 18.7. The highest BCUT2D eigenvalue weighted by Crippen LogP contribution is 2.18. The Bertz CT molecular complexity index is 1040. The molecular weight excluding hydrogens is 359 g/mol. The van der Waals surface area contributed by atoms with E-state index in [1.165, 1.54) is 35.2 Å². The van der Waals surface area contributed by atoms with E-state index in [2.05, 4.69) is 15.6 Å². The Balaban J connectivity index is 1.84. The molecule has 0 bridgehead atoms. The molecule has 0 aliphatic heterocycles. The van der Waals surface area contributed by atoms with Crippen molar-refractivity contribution >= 4 is 29.1 Å². The Morgan fingerprint density at radius 3 is 2.73 bits per heavy atom. The summed E-state index contributed by atoms with van der Waals surface area (Å²) in [5.74, 6) is -0.655. The van der Waals surface area contributed by atoms with Crippen molar-refractivity contribution < 1.29 is 9.18 Å². The Morgan fingerprint density at radius 1 is 1.19 bits per heavy atom. The lowest BCUT2D eigenvalue weighted by atomic mass is 10.2. The van der Waals surface area contributed by atoms with Crippen molar-refractivity contribution in [1.29, 1.82) is 0 Å². The zero-order valence-electron chi connectivity index (χ0n) is 13.7. The number of anilines is 2. The van der Waals surface area contributed by atoms with Crippen LogP contribution in [0.5, 0.6) is 0 Å². The van der Waals surface area contributed by atoms with Crippen LogP contribution in [0.1, 0.15) is 5.56 Å². The van der Waals surface area contributed by atoms with Crippen LogP contribution in [0.25, 0.3) is 5.69 Å². The smallest absolute Gasteiger partial charge is 0.308 e. The van der Waals surface area contributed by atoms with Crippen molar-refractivity contribution in [3.63, 3.8) is 0 Å². The first-order chi connectivity index (χ1) is 12.4. The minimum absolute atomic E-state index is 0.168. The molecule has 2 aromatic carbocycles. The zero-order valence-corrected chi connectivity index (χ0v) is 14.4.